The van der Waals surface area contributed by atoms with Gasteiger partial charge >= 0.3 is 0 Å². The lowest BCUT2D eigenvalue weighted by atomic mass is 10.1. The Morgan fingerprint density at radius 1 is 1.05 bits per heavy atom. The van der Waals surface area contributed by atoms with Gasteiger partial charge in [-0.05, 0) is 17.0 Å². The summed E-state index contributed by atoms with van der Waals surface area (Å²) >= 11 is 3.33. The molecule has 2 aromatic heterocycles. The summed E-state index contributed by atoms with van der Waals surface area (Å²) in [5, 5.41) is 12.4. The van der Waals surface area contributed by atoms with Crippen molar-refractivity contribution in [2.24, 2.45) is 5.73 Å². The maximum Gasteiger partial charge on any atom is 0.138 e. The number of hydrogen-bond acceptors (Lipinski definition) is 5. The van der Waals surface area contributed by atoms with Crippen LogP contribution in [0.4, 0.5) is 0 Å². The van der Waals surface area contributed by atoms with Crippen molar-refractivity contribution in [3.8, 4) is 0 Å². The van der Waals surface area contributed by atoms with Crippen LogP contribution in [0.5, 0.6) is 0 Å². The van der Waals surface area contributed by atoms with Gasteiger partial charge in [0.05, 0.1) is 6.04 Å². The van der Waals surface area contributed by atoms with Crippen LogP contribution in [0, 0.1) is 0 Å². The lowest BCUT2D eigenvalue weighted by Gasteiger charge is -2.06. The van der Waals surface area contributed by atoms with Crippen LogP contribution in [-0.4, -0.2) is 10.2 Å². The van der Waals surface area contributed by atoms with E-state index < -0.39 is 0 Å². The summed E-state index contributed by atoms with van der Waals surface area (Å²) < 4.78 is 0. The molecule has 0 spiro atoms. The van der Waals surface area contributed by atoms with E-state index in [1.165, 1.54) is 4.88 Å². The number of benzene rings is 1. The van der Waals surface area contributed by atoms with E-state index >= 15 is 0 Å². The third-order valence-corrected chi connectivity index (χ3v) is 4.70. The zero-order valence-corrected chi connectivity index (χ0v) is 11.8. The van der Waals surface area contributed by atoms with Gasteiger partial charge in [0.2, 0.25) is 0 Å². The van der Waals surface area contributed by atoms with Crippen LogP contribution in [0.1, 0.15) is 26.5 Å². The second-order valence-electron chi connectivity index (χ2n) is 4.18. The largest absolute Gasteiger partial charge is 0.318 e. The van der Waals surface area contributed by atoms with Gasteiger partial charge in [0.25, 0.3) is 0 Å². The summed E-state index contributed by atoms with van der Waals surface area (Å²) in [6, 6.07) is 14.0. The molecular formula is C14H13N3S2. The van der Waals surface area contributed by atoms with Crippen molar-refractivity contribution in [1.82, 2.24) is 10.2 Å². The molecule has 1 unspecified atom stereocenters. The van der Waals surface area contributed by atoms with Crippen molar-refractivity contribution in [3.63, 3.8) is 0 Å². The molecule has 0 aliphatic heterocycles. The first-order chi connectivity index (χ1) is 9.33. The average molecular weight is 287 g/mol. The zero-order chi connectivity index (χ0) is 13.1. The van der Waals surface area contributed by atoms with E-state index in [4.69, 9.17) is 5.73 Å². The topological polar surface area (TPSA) is 51.8 Å². The Morgan fingerprint density at radius 3 is 2.63 bits per heavy atom. The van der Waals surface area contributed by atoms with Gasteiger partial charge in [-0.1, -0.05) is 47.7 Å². The minimum atomic E-state index is -0.184. The molecule has 2 heterocycles. The Hall–Kier alpha value is -1.56. The number of hydrogen-bond donors (Lipinski definition) is 1. The van der Waals surface area contributed by atoms with Crippen molar-refractivity contribution in [2.75, 3.05) is 0 Å². The van der Waals surface area contributed by atoms with Gasteiger partial charge in [0.15, 0.2) is 0 Å². The highest BCUT2D eigenvalue weighted by Crippen LogP contribution is 2.24. The average Bonchev–Trinajstić information content (AvgIpc) is 3.11. The molecule has 1 atom stereocenters. The molecule has 5 heteroatoms. The predicted octanol–water partition coefficient (Wildman–Crippen LogP) is 3.24. The molecule has 0 amide bonds. The molecule has 96 valence electrons. The SMILES string of the molecule is NC(c1ccccc1)c1nnc(Cc2cccs2)s1. The highest BCUT2D eigenvalue weighted by molar-refractivity contribution is 7.12. The standard InChI is InChI=1S/C14H13N3S2/c15-13(10-5-2-1-3-6-10)14-17-16-12(19-14)9-11-7-4-8-18-11/h1-8,13H,9,15H2. The van der Waals surface area contributed by atoms with Crippen LogP contribution in [0.2, 0.25) is 0 Å². The van der Waals surface area contributed by atoms with Gasteiger partial charge in [-0.25, -0.2) is 0 Å². The van der Waals surface area contributed by atoms with Crippen LogP contribution in [0.3, 0.4) is 0 Å². The highest BCUT2D eigenvalue weighted by Gasteiger charge is 2.14. The number of nitrogens with zero attached hydrogens (tertiary/aromatic N) is 2. The first kappa shape index (κ1) is 12.5. The fourth-order valence-corrected chi connectivity index (χ4v) is 3.52. The number of aromatic nitrogens is 2. The van der Waals surface area contributed by atoms with Crippen molar-refractivity contribution < 1.29 is 0 Å². The van der Waals surface area contributed by atoms with Crippen molar-refractivity contribution >= 4 is 22.7 Å². The van der Waals surface area contributed by atoms with E-state index in [9.17, 15) is 0 Å². The highest BCUT2D eigenvalue weighted by atomic mass is 32.1. The van der Waals surface area contributed by atoms with E-state index in [1.807, 2.05) is 30.3 Å². The second kappa shape index (κ2) is 5.61. The van der Waals surface area contributed by atoms with E-state index in [-0.39, 0.29) is 6.04 Å². The fourth-order valence-electron chi connectivity index (χ4n) is 1.83. The second-order valence-corrected chi connectivity index (χ2v) is 6.30. The Morgan fingerprint density at radius 2 is 1.89 bits per heavy atom. The normalized spacial score (nSPS) is 12.5. The maximum atomic E-state index is 6.21. The van der Waals surface area contributed by atoms with Crippen molar-refractivity contribution in [1.29, 1.82) is 0 Å². The monoisotopic (exact) mass is 287 g/mol. The van der Waals surface area contributed by atoms with Crippen LogP contribution >= 0.6 is 22.7 Å². The molecule has 1 aromatic carbocycles. The Labute approximate surface area is 119 Å². The third-order valence-electron chi connectivity index (χ3n) is 2.81. The van der Waals surface area contributed by atoms with E-state index in [0.29, 0.717) is 0 Å². The van der Waals surface area contributed by atoms with Crippen LogP contribution in [0.25, 0.3) is 0 Å². The molecule has 0 aliphatic rings. The van der Waals surface area contributed by atoms with Crippen molar-refractivity contribution in [3.05, 3.63) is 68.3 Å². The molecule has 0 radical (unpaired) electrons. The maximum absolute atomic E-state index is 6.21. The lowest BCUT2D eigenvalue weighted by molar-refractivity contribution is 0.825. The Bertz CT molecular complexity index is 632. The summed E-state index contributed by atoms with van der Waals surface area (Å²) in [5.74, 6) is 0. The first-order valence-electron chi connectivity index (χ1n) is 5.98. The summed E-state index contributed by atoms with van der Waals surface area (Å²) in [7, 11) is 0. The van der Waals surface area contributed by atoms with Gasteiger partial charge in [-0.2, -0.15) is 0 Å². The summed E-state index contributed by atoms with van der Waals surface area (Å²) in [6.45, 7) is 0. The van der Waals surface area contributed by atoms with E-state index in [1.54, 1.807) is 22.7 Å². The summed E-state index contributed by atoms with van der Waals surface area (Å²) in [5.41, 5.74) is 7.28. The van der Waals surface area contributed by atoms with E-state index in [2.05, 4.69) is 27.7 Å². The fraction of sp³-hybridized carbons (Fsp3) is 0.143. The molecular weight excluding hydrogens is 274 g/mol. The molecule has 0 saturated heterocycles. The smallest absolute Gasteiger partial charge is 0.138 e. The Balaban J connectivity index is 1.78. The summed E-state index contributed by atoms with van der Waals surface area (Å²) in [4.78, 5) is 1.30. The van der Waals surface area contributed by atoms with Gasteiger partial charge in [-0.3, -0.25) is 0 Å². The molecule has 0 bridgehead atoms. The first-order valence-corrected chi connectivity index (χ1v) is 7.68. The minimum absolute atomic E-state index is 0.184. The minimum Gasteiger partial charge on any atom is -0.318 e. The lowest BCUT2D eigenvalue weighted by Crippen LogP contribution is -2.11. The molecule has 0 fully saturated rings. The van der Waals surface area contributed by atoms with Gasteiger partial charge < -0.3 is 5.73 Å². The van der Waals surface area contributed by atoms with Crippen LogP contribution in [-0.2, 0) is 6.42 Å². The van der Waals surface area contributed by atoms with Gasteiger partial charge in [0, 0.05) is 11.3 Å². The molecule has 3 nitrogen and oxygen atoms in total. The number of nitrogens with two attached hydrogens (primary N) is 1. The summed E-state index contributed by atoms with van der Waals surface area (Å²) in [6.07, 6.45) is 0.844. The predicted molar refractivity (Wildman–Crippen MR) is 79.5 cm³/mol. The zero-order valence-electron chi connectivity index (χ0n) is 10.2. The molecule has 19 heavy (non-hydrogen) atoms. The van der Waals surface area contributed by atoms with Crippen molar-refractivity contribution in [2.45, 2.75) is 12.5 Å². The van der Waals surface area contributed by atoms with E-state index in [0.717, 1.165) is 22.0 Å². The molecule has 3 aromatic rings. The third kappa shape index (κ3) is 2.89. The van der Waals surface area contributed by atoms with Crippen LogP contribution in [0.15, 0.2) is 47.8 Å². The van der Waals surface area contributed by atoms with Gasteiger partial charge in [0.1, 0.15) is 10.0 Å². The quantitative estimate of drug-likeness (QED) is 0.801. The molecule has 0 aliphatic carbocycles. The number of thiophene rings is 1. The van der Waals surface area contributed by atoms with Gasteiger partial charge in [-0.15, -0.1) is 21.5 Å². The molecule has 0 saturated carbocycles. The molecule has 3 rings (SSSR count). The molecule has 2 N–H and O–H groups in total. The Kier molecular flexibility index (Phi) is 3.68. The van der Waals surface area contributed by atoms with Crippen LogP contribution < -0.4 is 5.73 Å². The number of rotatable bonds is 4.